The van der Waals surface area contributed by atoms with E-state index in [1.54, 1.807) is 12.1 Å². The van der Waals surface area contributed by atoms with Crippen molar-refractivity contribution in [2.24, 2.45) is 5.92 Å². The number of anilines is 2. The van der Waals surface area contributed by atoms with E-state index in [0.29, 0.717) is 28.6 Å². The van der Waals surface area contributed by atoms with Gasteiger partial charge in [0.1, 0.15) is 0 Å². The molecule has 0 bridgehead atoms. The number of hydrogen-bond acceptors (Lipinski definition) is 7. The molecular formula is C21H24N2O7S. The smallest absolute Gasteiger partial charge is 0.229 e. The summed E-state index contributed by atoms with van der Waals surface area (Å²) in [4.78, 5) is 27.0. The molecule has 0 unspecified atom stereocenters. The number of nitrogens with zero attached hydrogens (tertiary/aromatic N) is 1. The molecule has 1 aliphatic heterocycles. The highest BCUT2D eigenvalue weighted by atomic mass is 32.2. The minimum atomic E-state index is -3.32. The van der Waals surface area contributed by atoms with E-state index in [9.17, 15) is 18.0 Å². The summed E-state index contributed by atoms with van der Waals surface area (Å²) >= 11 is 0. The molecule has 1 fully saturated rings. The van der Waals surface area contributed by atoms with E-state index in [2.05, 4.69) is 5.32 Å². The molecule has 0 aromatic heterocycles. The van der Waals surface area contributed by atoms with Crippen LogP contribution in [0.1, 0.15) is 6.42 Å². The molecule has 1 saturated heterocycles. The van der Waals surface area contributed by atoms with Crippen molar-refractivity contribution in [3.8, 4) is 17.2 Å². The number of benzene rings is 2. The second-order valence-electron chi connectivity index (χ2n) is 7.07. The van der Waals surface area contributed by atoms with Crippen LogP contribution >= 0.6 is 0 Å². The molecule has 0 radical (unpaired) electrons. The van der Waals surface area contributed by atoms with Crippen LogP contribution in [0, 0.1) is 5.92 Å². The van der Waals surface area contributed by atoms with Crippen molar-refractivity contribution in [3.05, 3.63) is 36.4 Å². The summed E-state index contributed by atoms with van der Waals surface area (Å²) in [6.07, 6.45) is 1.16. The first-order valence-corrected chi connectivity index (χ1v) is 11.3. The number of hydrogen-bond donors (Lipinski definition) is 1. The van der Waals surface area contributed by atoms with Crippen molar-refractivity contribution in [2.75, 3.05) is 44.3 Å². The fourth-order valence-electron chi connectivity index (χ4n) is 3.39. The van der Waals surface area contributed by atoms with Crippen LogP contribution in [0.15, 0.2) is 41.3 Å². The van der Waals surface area contributed by atoms with Gasteiger partial charge in [-0.1, -0.05) is 0 Å². The Morgan fingerprint density at radius 3 is 2.10 bits per heavy atom. The molecule has 0 saturated carbocycles. The normalized spacial score (nSPS) is 16.2. The average molecular weight is 448 g/mol. The third kappa shape index (κ3) is 4.74. The van der Waals surface area contributed by atoms with Gasteiger partial charge in [-0.3, -0.25) is 9.59 Å². The number of sulfone groups is 1. The van der Waals surface area contributed by atoms with Crippen molar-refractivity contribution in [1.29, 1.82) is 0 Å². The monoisotopic (exact) mass is 448 g/mol. The van der Waals surface area contributed by atoms with E-state index in [-0.39, 0.29) is 29.7 Å². The minimum absolute atomic E-state index is 0.0456. The van der Waals surface area contributed by atoms with Crippen LogP contribution in [0.2, 0.25) is 0 Å². The molecule has 0 spiro atoms. The van der Waals surface area contributed by atoms with Crippen molar-refractivity contribution in [1.82, 2.24) is 0 Å². The Balaban J connectivity index is 1.76. The summed E-state index contributed by atoms with van der Waals surface area (Å²) in [5, 5.41) is 2.74. The molecule has 2 aromatic carbocycles. The summed E-state index contributed by atoms with van der Waals surface area (Å²) in [5.41, 5.74) is 0.989. The number of carbonyl (C=O) groups is 2. The van der Waals surface area contributed by atoms with Crippen LogP contribution in [0.25, 0.3) is 0 Å². The molecule has 2 aromatic rings. The summed E-state index contributed by atoms with van der Waals surface area (Å²) in [5.74, 6) is 0.123. The van der Waals surface area contributed by atoms with E-state index in [1.165, 1.54) is 50.5 Å². The Labute approximate surface area is 180 Å². The van der Waals surface area contributed by atoms with Crippen LogP contribution in [-0.4, -0.2) is 54.4 Å². The van der Waals surface area contributed by atoms with E-state index in [4.69, 9.17) is 14.2 Å². The summed E-state index contributed by atoms with van der Waals surface area (Å²) < 4.78 is 39.1. The van der Waals surface area contributed by atoms with E-state index < -0.39 is 15.8 Å². The van der Waals surface area contributed by atoms with E-state index >= 15 is 0 Å². The average Bonchev–Trinajstić information content (AvgIpc) is 3.14. The van der Waals surface area contributed by atoms with Crippen molar-refractivity contribution in [2.45, 2.75) is 11.3 Å². The highest BCUT2D eigenvalue weighted by Gasteiger charge is 2.36. The molecule has 9 nitrogen and oxygen atoms in total. The lowest BCUT2D eigenvalue weighted by molar-refractivity contribution is -0.122. The van der Waals surface area contributed by atoms with E-state index in [1.807, 2.05) is 0 Å². The fraction of sp³-hybridized carbons (Fsp3) is 0.333. The van der Waals surface area contributed by atoms with Gasteiger partial charge >= 0.3 is 0 Å². The van der Waals surface area contributed by atoms with Crippen molar-refractivity contribution < 1.29 is 32.2 Å². The zero-order chi connectivity index (χ0) is 22.8. The SMILES string of the molecule is COc1cc(N2C[C@@H](C(=O)Nc3ccc(S(C)(=O)=O)cc3)CC2=O)cc(OC)c1OC. The molecule has 1 heterocycles. The van der Waals surface area contributed by atoms with E-state index in [0.717, 1.165) is 6.26 Å². The molecule has 1 aliphatic rings. The molecule has 3 rings (SSSR count). The van der Waals surface area contributed by atoms with Crippen LogP contribution in [0.5, 0.6) is 17.2 Å². The van der Waals surface area contributed by atoms with Gasteiger partial charge in [0.25, 0.3) is 0 Å². The van der Waals surface area contributed by atoms with Gasteiger partial charge in [-0.15, -0.1) is 0 Å². The Morgan fingerprint density at radius 2 is 1.61 bits per heavy atom. The molecule has 10 heteroatoms. The first-order valence-electron chi connectivity index (χ1n) is 9.39. The molecule has 31 heavy (non-hydrogen) atoms. The maximum absolute atomic E-state index is 12.7. The topological polar surface area (TPSA) is 111 Å². The summed E-state index contributed by atoms with van der Waals surface area (Å²) in [6.45, 7) is 0.185. The van der Waals surface area contributed by atoms with Crippen molar-refractivity contribution in [3.63, 3.8) is 0 Å². The zero-order valence-electron chi connectivity index (χ0n) is 17.7. The Kier molecular flexibility index (Phi) is 6.40. The van der Waals surface area contributed by atoms with Crippen LogP contribution in [0.3, 0.4) is 0 Å². The molecule has 1 N–H and O–H groups in total. The second-order valence-corrected chi connectivity index (χ2v) is 9.09. The summed E-state index contributed by atoms with van der Waals surface area (Å²) in [6, 6.07) is 9.19. The van der Waals surface area contributed by atoms with Gasteiger partial charge in [-0.05, 0) is 24.3 Å². The number of rotatable bonds is 7. The van der Waals surface area contributed by atoms with Gasteiger partial charge in [0.15, 0.2) is 21.3 Å². The second kappa shape index (κ2) is 8.84. The predicted octanol–water partition coefficient (Wildman–Crippen LogP) is 2.11. The minimum Gasteiger partial charge on any atom is -0.493 e. The molecule has 0 aliphatic carbocycles. The number of amides is 2. The third-order valence-corrected chi connectivity index (χ3v) is 6.14. The standard InChI is InChI=1S/C21H24N2O7S/c1-28-17-10-15(11-18(29-2)20(17)30-3)23-12-13(9-19(23)24)21(25)22-14-5-7-16(8-6-14)31(4,26)27/h5-8,10-11,13H,9,12H2,1-4H3,(H,22,25)/t13-/m0/s1. The molecule has 2 amide bonds. The lowest BCUT2D eigenvalue weighted by Gasteiger charge is -2.20. The maximum atomic E-state index is 12.7. The van der Waals surface area contributed by atoms with Gasteiger partial charge in [0.2, 0.25) is 17.6 Å². The number of carbonyl (C=O) groups excluding carboxylic acids is 2. The highest BCUT2D eigenvalue weighted by Crippen LogP contribution is 2.42. The first-order chi connectivity index (χ1) is 14.7. The molecular weight excluding hydrogens is 424 g/mol. The fourth-order valence-corrected chi connectivity index (χ4v) is 4.02. The van der Waals surface area contributed by atoms with Crippen LogP contribution in [0.4, 0.5) is 11.4 Å². The Hall–Kier alpha value is -3.27. The molecule has 166 valence electrons. The maximum Gasteiger partial charge on any atom is 0.229 e. The molecule has 1 atom stereocenters. The zero-order valence-corrected chi connectivity index (χ0v) is 18.5. The van der Waals surface area contributed by atoms with Gasteiger partial charge in [0, 0.05) is 37.0 Å². The summed E-state index contributed by atoms with van der Waals surface area (Å²) in [7, 11) is 1.14. The lowest BCUT2D eigenvalue weighted by atomic mass is 10.1. The Bertz CT molecular complexity index is 1070. The number of nitrogens with one attached hydrogen (secondary N) is 1. The van der Waals surface area contributed by atoms with Gasteiger partial charge < -0.3 is 24.4 Å². The first kappa shape index (κ1) is 22.4. The van der Waals surface area contributed by atoms with Gasteiger partial charge in [0.05, 0.1) is 37.8 Å². The van der Waals surface area contributed by atoms with Crippen LogP contribution < -0.4 is 24.4 Å². The quantitative estimate of drug-likeness (QED) is 0.690. The third-order valence-electron chi connectivity index (χ3n) is 5.01. The number of ether oxygens (including phenoxy) is 3. The largest absolute Gasteiger partial charge is 0.493 e. The predicted molar refractivity (Wildman–Crippen MR) is 115 cm³/mol. The lowest BCUT2D eigenvalue weighted by Crippen LogP contribution is -2.28. The highest BCUT2D eigenvalue weighted by molar-refractivity contribution is 7.90. The van der Waals surface area contributed by atoms with Crippen LogP contribution in [-0.2, 0) is 19.4 Å². The van der Waals surface area contributed by atoms with Gasteiger partial charge in [-0.25, -0.2) is 8.42 Å². The van der Waals surface area contributed by atoms with Crippen molar-refractivity contribution >= 4 is 33.0 Å². The Morgan fingerprint density at radius 1 is 1.03 bits per heavy atom. The number of methoxy groups -OCH3 is 3. The van der Waals surface area contributed by atoms with Gasteiger partial charge in [-0.2, -0.15) is 0 Å².